The molecule has 0 saturated heterocycles. The molecule has 0 atom stereocenters. The van der Waals surface area contributed by atoms with Gasteiger partial charge in [-0.25, -0.2) is 4.98 Å². The number of rotatable bonds is 5. The van der Waals surface area contributed by atoms with Gasteiger partial charge in [-0.05, 0) is 26.0 Å². The van der Waals surface area contributed by atoms with Crippen molar-refractivity contribution in [2.45, 2.75) is 18.9 Å². The maximum atomic E-state index is 11.7. The second-order valence-corrected chi connectivity index (χ2v) is 4.34. The molecule has 0 spiro atoms. The lowest BCUT2D eigenvalue weighted by molar-refractivity contribution is -0.127. The number of pyridine rings is 1. The molecular weight excluding hydrogens is 234 g/mol. The van der Waals surface area contributed by atoms with Gasteiger partial charge in [0.25, 0.3) is 0 Å². The smallest absolute Gasteiger partial charge is 0.232 e. The highest BCUT2D eigenvalue weighted by Gasteiger charge is 2.10. The van der Waals surface area contributed by atoms with Crippen LogP contribution < -0.4 is 0 Å². The van der Waals surface area contributed by atoms with Gasteiger partial charge in [-0.3, -0.25) is 4.79 Å². The predicted molar refractivity (Wildman–Crippen MR) is 67.6 cm³/mol. The molecule has 0 aliphatic carbocycles. The van der Waals surface area contributed by atoms with Gasteiger partial charge < -0.3 is 4.90 Å². The Morgan fingerprint density at radius 1 is 1.53 bits per heavy atom. The van der Waals surface area contributed by atoms with E-state index in [0.717, 1.165) is 13.1 Å². The molecule has 1 rings (SSSR count). The summed E-state index contributed by atoms with van der Waals surface area (Å²) in [5.74, 6) is 0.466. The Morgan fingerprint density at radius 2 is 2.24 bits per heavy atom. The summed E-state index contributed by atoms with van der Waals surface area (Å²) < 4.78 is 0. The minimum absolute atomic E-state index is 0.101. The first-order valence-corrected chi connectivity index (χ1v) is 6.46. The Hall–Kier alpha value is -1.54. The third kappa shape index (κ3) is 4.08. The summed E-state index contributed by atoms with van der Waals surface area (Å²) in [5, 5.41) is 9.45. The third-order valence-corrected chi connectivity index (χ3v) is 3.23. The number of nitriles is 1. The topological polar surface area (TPSA) is 57.0 Å². The molecule has 0 unspecified atom stereocenters. The molecule has 0 aliphatic rings. The van der Waals surface area contributed by atoms with E-state index in [1.807, 2.05) is 13.8 Å². The SMILES string of the molecule is CCN(CC)C(=O)CSc1cc(C#N)ccn1. The molecule has 0 radical (unpaired) electrons. The molecule has 1 amide bonds. The number of hydrogen-bond donors (Lipinski definition) is 0. The molecule has 1 aromatic rings. The molecule has 4 nitrogen and oxygen atoms in total. The van der Waals surface area contributed by atoms with Crippen LogP contribution in [0.3, 0.4) is 0 Å². The molecule has 0 aliphatic heterocycles. The van der Waals surface area contributed by atoms with Crippen LogP contribution in [0.1, 0.15) is 19.4 Å². The van der Waals surface area contributed by atoms with Crippen molar-refractivity contribution in [1.29, 1.82) is 5.26 Å². The number of aromatic nitrogens is 1. The third-order valence-electron chi connectivity index (χ3n) is 2.32. The van der Waals surface area contributed by atoms with Crippen LogP contribution in [0, 0.1) is 11.3 Å². The van der Waals surface area contributed by atoms with Crippen molar-refractivity contribution >= 4 is 17.7 Å². The summed E-state index contributed by atoms with van der Waals surface area (Å²) in [7, 11) is 0. The van der Waals surface area contributed by atoms with Crippen molar-refractivity contribution in [2.75, 3.05) is 18.8 Å². The van der Waals surface area contributed by atoms with Crippen LogP contribution in [0.5, 0.6) is 0 Å². The van der Waals surface area contributed by atoms with Crippen molar-refractivity contribution in [3.8, 4) is 6.07 Å². The first-order chi connectivity index (χ1) is 8.21. The van der Waals surface area contributed by atoms with Gasteiger partial charge in [0, 0.05) is 19.3 Å². The van der Waals surface area contributed by atoms with Gasteiger partial charge in [0.2, 0.25) is 5.91 Å². The van der Waals surface area contributed by atoms with E-state index in [0.29, 0.717) is 16.3 Å². The number of carbonyl (C=O) groups is 1. The van der Waals surface area contributed by atoms with Gasteiger partial charge in [0.15, 0.2) is 0 Å². The Labute approximate surface area is 106 Å². The zero-order chi connectivity index (χ0) is 12.7. The van der Waals surface area contributed by atoms with Gasteiger partial charge in [-0.15, -0.1) is 0 Å². The van der Waals surface area contributed by atoms with E-state index in [-0.39, 0.29) is 5.91 Å². The summed E-state index contributed by atoms with van der Waals surface area (Å²) in [5.41, 5.74) is 0.567. The summed E-state index contributed by atoms with van der Waals surface area (Å²) in [4.78, 5) is 17.6. The van der Waals surface area contributed by atoms with Gasteiger partial charge in [0.1, 0.15) is 0 Å². The van der Waals surface area contributed by atoms with Crippen molar-refractivity contribution < 1.29 is 4.79 Å². The molecule has 1 heterocycles. The molecule has 90 valence electrons. The number of thioether (sulfide) groups is 1. The number of amides is 1. The predicted octanol–water partition coefficient (Wildman–Crippen LogP) is 1.91. The molecule has 0 N–H and O–H groups in total. The van der Waals surface area contributed by atoms with Crippen molar-refractivity contribution in [3.63, 3.8) is 0 Å². The summed E-state index contributed by atoms with van der Waals surface area (Å²) in [6.45, 7) is 5.37. The van der Waals surface area contributed by atoms with E-state index in [1.54, 1.807) is 23.2 Å². The molecule has 0 fully saturated rings. The Bertz CT molecular complexity index is 424. The van der Waals surface area contributed by atoms with Crippen LogP contribution in [0.4, 0.5) is 0 Å². The molecule has 17 heavy (non-hydrogen) atoms. The fourth-order valence-corrected chi connectivity index (χ4v) is 2.16. The van der Waals surface area contributed by atoms with Crippen molar-refractivity contribution in [1.82, 2.24) is 9.88 Å². The van der Waals surface area contributed by atoms with Gasteiger partial charge in [-0.1, -0.05) is 11.8 Å². The monoisotopic (exact) mass is 249 g/mol. The highest BCUT2D eigenvalue weighted by molar-refractivity contribution is 7.99. The highest BCUT2D eigenvalue weighted by atomic mass is 32.2. The second kappa shape index (κ2) is 6.92. The molecular formula is C12H15N3OS. The minimum atomic E-state index is 0.101. The van der Waals surface area contributed by atoms with Crippen LogP contribution in [0.25, 0.3) is 0 Å². The fourth-order valence-electron chi connectivity index (χ4n) is 1.36. The van der Waals surface area contributed by atoms with E-state index >= 15 is 0 Å². The van der Waals surface area contributed by atoms with Crippen molar-refractivity contribution in [2.24, 2.45) is 0 Å². The molecule has 0 saturated carbocycles. The summed E-state index contributed by atoms with van der Waals surface area (Å²) in [6, 6.07) is 5.40. The van der Waals surface area contributed by atoms with Crippen LogP contribution in [-0.2, 0) is 4.79 Å². The molecule has 0 bridgehead atoms. The van der Waals surface area contributed by atoms with Crippen molar-refractivity contribution in [3.05, 3.63) is 23.9 Å². The largest absolute Gasteiger partial charge is 0.343 e. The van der Waals surface area contributed by atoms with Gasteiger partial charge in [-0.2, -0.15) is 5.26 Å². The fraction of sp³-hybridized carbons (Fsp3) is 0.417. The van der Waals surface area contributed by atoms with Gasteiger partial charge >= 0.3 is 0 Å². The standard InChI is InChI=1S/C12H15N3OS/c1-3-15(4-2)12(16)9-17-11-7-10(8-13)5-6-14-11/h5-7H,3-4,9H2,1-2H3. The lowest BCUT2D eigenvalue weighted by atomic mass is 10.3. The zero-order valence-corrected chi connectivity index (χ0v) is 10.8. The second-order valence-electron chi connectivity index (χ2n) is 3.35. The lowest BCUT2D eigenvalue weighted by Gasteiger charge is -2.17. The van der Waals surface area contributed by atoms with Crippen LogP contribution in [0.15, 0.2) is 23.4 Å². The van der Waals surface area contributed by atoms with E-state index in [2.05, 4.69) is 11.1 Å². The highest BCUT2D eigenvalue weighted by Crippen LogP contribution is 2.16. The van der Waals surface area contributed by atoms with Gasteiger partial charge in [0.05, 0.1) is 22.4 Å². The maximum Gasteiger partial charge on any atom is 0.232 e. The van der Waals surface area contributed by atoms with Crippen LogP contribution in [-0.4, -0.2) is 34.6 Å². The van der Waals surface area contributed by atoms with E-state index in [1.165, 1.54) is 11.8 Å². The molecule has 5 heteroatoms. The summed E-state index contributed by atoms with van der Waals surface area (Å²) >= 11 is 1.36. The van der Waals surface area contributed by atoms with Crippen LogP contribution >= 0.6 is 11.8 Å². The number of nitrogens with zero attached hydrogens (tertiary/aromatic N) is 3. The van der Waals surface area contributed by atoms with E-state index in [9.17, 15) is 4.79 Å². The summed E-state index contributed by atoms with van der Waals surface area (Å²) in [6.07, 6.45) is 1.59. The lowest BCUT2D eigenvalue weighted by Crippen LogP contribution is -2.31. The Balaban J connectivity index is 2.55. The quantitative estimate of drug-likeness (QED) is 0.748. The minimum Gasteiger partial charge on any atom is -0.343 e. The average Bonchev–Trinajstić information content (AvgIpc) is 2.38. The van der Waals surface area contributed by atoms with Crippen LogP contribution in [0.2, 0.25) is 0 Å². The number of hydrogen-bond acceptors (Lipinski definition) is 4. The average molecular weight is 249 g/mol. The first kappa shape index (κ1) is 13.5. The maximum absolute atomic E-state index is 11.7. The molecule has 1 aromatic heterocycles. The number of carbonyl (C=O) groups excluding carboxylic acids is 1. The first-order valence-electron chi connectivity index (χ1n) is 5.48. The Kier molecular flexibility index (Phi) is 5.50. The zero-order valence-electron chi connectivity index (χ0n) is 10.0. The van der Waals surface area contributed by atoms with E-state index < -0.39 is 0 Å². The Morgan fingerprint density at radius 3 is 2.82 bits per heavy atom. The normalized spacial score (nSPS) is 9.71. The van der Waals surface area contributed by atoms with E-state index in [4.69, 9.17) is 5.26 Å². The molecule has 0 aromatic carbocycles.